The zero-order valence-corrected chi connectivity index (χ0v) is 18.9. The molecular weight excluding hydrogens is 420 g/mol. The minimum absolute atomic E-state index is 0.0874. The highest BCUT2D eigenvalue weighted by atomic mass is 32.1. The smallest absolute Gasteiger partial charge is 0.266 e. The first-order chi connectivity index (χ1) is 15.5. The summed E-state index contributed by atoms with van der Waals surface area (Å²) in [6.45, 7) is 4.52. The first kappa shape index (κ1) is 21.6. The Hall–Kier alpha value is -3.58. The molecule has 0 aliphatic carbocycles. The largest absolute Gasteiger partial charge is 0.354 e. The van der Waals surface area contributed by atoms with Gasteiger partial charge in [-0.05, 0) is 36.6 Å². The van der Waals surface area contributed by atoms with Crippen molar-refractivity contribution in [3.05, 3.63) is 93.3 Å². The number of hydrogen-bond acceptors (Lipinski definition) is 5. The fourth-order valence-electron chi connectivity index (χ4n) is 3.49. The quantitative estimate of drug-likeness (QED) is 0.467. The number of carbonyl (C=O) groups is 1. The summed E-state index contributed by atoms with van der Waals surface area (Å²) in [6.07, 6.45) is 0.288. The lowest BCUT2D eigenvalue weighted by atomic mass is 10.0. The molecule has 0 saturated carbocycles. The minimum atomic E-state index is -0.196. The maximum Gasteiger partial charge on any atom is 0.266 e. The molecule has 2 heterocycles. The summed E-state index contributed by atoms with van der Waals surface area (Å²) >= 11 is 1.55. The number of amides is 1. The van der Waals surface area contributed by atoms with Gasteiger partial charge < -0.3 is 5.32 Å². The van der Waals surface area contributed by atoms with E-state index in [9.17, 15) is 9.59 Å². The average molecular weight is 445 g/mol. The number of nitrogens with zero attached hydrogens (tertiary/aromatic N) is 3. The summed E-state index contributed by atoms with van der Waals surface area (Å²) in [5, 5.41) is 8.30. The molecule has 0 aliphatic rings. The lowest BCUT2D eigenvalue weighted by Crippen LogP contribution is -2.32. The number of thiazole rings is 1. The first-order valence-corrected chi connectivity index (χ1v) is 11.2. The van der Waals surface area contributed by atoms with Crippen LogP contribution in [0, 0.1) is 13.8 Å². The molecule has 0 aliphatic heterocycles. The van der Waals surface area contributed by atoms with Crippen LogP contribution in [0.2, 0.25) is 0 Å². The fourth-order valence-corrected chi connectivity index (χ4v) is 4.38. The second-order valence-electron chi connectivity index (χ2n) is 7.52. The van der Waals surface area contributed by atoms with Gasteiger partial charge in [0.05, 0.1) is 28.5 Å². The van der Waals surface area contributed by atoms with Crippen LogP contribution in [-0.4, -0.2) is 27.2 Å². The second kappa shape index (κ2) is 9.70. The highest BCUT2D eigenvalue weighted by molar-refractivity contribution is 7.15. The maximum atomic E-state index is 12.4. The van der Waals surface area contributed by atoms with Crippen LogP contribution >= 0.6 is 11.3 Å². The molecule has 0 saturated heterocycles. The summed E-state index contributed by atoms with van der Waals surface area (Å²) in [6, 6.07) is 21.3. The zero-order chi connectivity index (χ0) is 22.5. The number of carbonyl (C=O) groups excluding carboxylic acids is 1. The molecule has 162 valence electrons. The van der Waals surface area contributed by atoms with E-state index in [4.69, 9.17) is 0 Å². The topological polar surface area (TPSA) is 76.9 Å². The van der Waals surface area contributed by atoms with Gasteiger partial charge in [-0.25, -0.2) is 9.67 Å². The average Bonchev–Trinajstić information content (AvgIpc) is 3.14. The van der Waals surface area contributed by atoms with Gasteiger partial charge in [0, 0.05) is 12.6 Å². The minimum Gasteiger partial charge on any atom is -0.354 e. The van der Waals surface area contributed by atoms with E-state index in [1.54, 1.807) is 17.4 Å². The Kier molecular flexibility index (Phi) is 6.56. The zero-order valence-electron chi connectivity index (χ0n) is 18.0. The van der Waals surface area contributed by atoms with Crippen molar-refractivity contribution in [2.45, 2.75) is 26.8 Å². The lowest BCUT2D eigenvalue weighted by Gasteiger charge is -2.09. The molecule has 0 radical (unpaired) electrons. The van der Waals surface area contributed by atoms with E-state index in [0.717, 1.165) is 38.0 Å². The van der Waals surface area contributed by atoms with Crippen LogP contribution in [0.15, 0.2) is 71.5 Å². The highest BCUT2D eigenvalue weighted by Gasteiger charge is 2.11. The van der Waals surface area contributed by atoms with Crippen LogP contribution in [0.5, 0.6) is 0 Å². The molecule has 0 unspecified atom stereocenters. The van der Waals surface area contributed by atoms with Crippen LogP contribution in [0.25, 0.3) is 21.7 Å². The van der Waals surface area contributed by atoms with E-state index in [1.807, 2.05) is 56.3 Å². The van der Waals surface area contributed by atoms with E-state index in [2.05, 4.69) is 27.5 Å². The molecular formula is C25H24N4O2S. The van der Waals surface area contributed by atoms with E-state index in [1.165, 1.54) is 10.7 Å². The van der Waals surface area contributed by atoms with Crippen molar-refractivity contribution in [3.63, 3.8) is 0 Å². The molecule has 32 heavy (non-hydrogen) atoms. The molecule has 1 N–H and O–H groups in total. The van der Waals surface area contributed by atoms with Gasteiger partial charge in [0.2, 0.25) is 5.91 Å². The van der Waals surface area contributed by atoms with Crippen LogP contribution in [0.1, 0.15) is 16.3 Å². The molecule has 0 atom stereocenters. The summed E-state index contributed by atoms with van der Waals surface area (Å²) < 4.78 is 1.39. The van der Waals surface area contributed by atoms with Crippen molar-refractivity contribution in [3.8, 4) is 21.7 Å². The van der Waals surface area contributed by atoms with E-state index in [-0.39, 0.29) is 17.9 Å². The van der Waals surface area contributed by atoms with E-state index in [0.29, 0.717) is 13.1 Å². The molecule has 7 heteroatoms. The normalized spacial score (nSPS) is 10.8. The van der Waals surface area contributed by atoms with Gasteiger partial charge in [-0.3, -0.25) is 9.59 Å². The lowest BCUT2D eigenvalue weighted by molar-refractivity contribution is -0.120. The standard InChI is InChI=1S/C25H24N4O2S/c1-17-25(32-18(2)27-17)22-12-13-24(31)29(28-22)15-14-26-23(30)16-19-8-10-21(11-9-19)20-6-4-3-5-7-20/h3-13H,14-16H2,1-2H3,(H,26,30). The molecule has 2 aromatic carbocycles. The fraction of sp³-hybridized carbons (Fsp3) is 0.200. The number of nitrogens with one attached hydrogen (secondary N) is 1. The van der Waals surface area contributed by atoms with E-state index >= 15 is 0 Å². The third kappa shape index (κ3) is 5.18. The van der Waals surface area contributed by atoms with Crippen LogP contribution < -0.4 is 10.9 Å². The third-order valence-corrected chi connectivity index (χ3v) is 6.17. The molecule has 2 aromatic heterocycles. The third-order valence-electron chi connectivity index (χ3n) is 5.07. The Balaban J connectivity index is 1.33. The predicted octanol–water partition coefficient (Wildman–Crippen LogP) is 4.01. The number of aromatic nitrogens is 3. The van der Waals surface area contributed by atoms with Crippen molar-refractivity contribution in [2.75, 3.05) is 6.54 Å². The SMILES string of the molecule is Cc1nc(C)c(-c2ccc(=O)n(CCNC(=O)Cc3ccc(-c4ccccc4)cc3)n2)s1. The summed E-state index contributed by atoms with van der Waals surface area (Å²) in [7, 11) is 0. The summed E-state index contributed by atoms with van der Waals surface area (Å²) in [4.78, 5) is 29.9. The Morgan fingerprint density at radius 3 is 2.38 bits per heavy atom. The van der Waals surface area contributed by atoms with Gasteiger partial charge in [-0.2, -0.15) is 5.10 Å². The van der Waals surface area contributed by atoms with Crippen LogP contribution in [0.3, 0.4) is 0 Å². The van der Waals surface area contributed by atoms with Gasteiger partial charge >= 0.3 is 0 Å². The highest BCUT2D eigenvalue weighted by Crippen LogP contribution is 2.27. The Labute approximate surface area is 190 Å². The molecule has 0 spiro atoms. The molecule has 1 amide bonds. The van der Waals surface area contributed by atoms with Crippen LogP contribution in [0.4, 0.5) is 0 Å². The number of rotatable bonds is 7. The Morgan fingerprint density at radius 1 is 0.969 bits per heavy atom. The van der Waals surface area contributed by atoms with Gasteiger partial charge in [0.25, 0.3) is 5.56 Å². The predicted molar refractivity (Wildman–Crippen MR) is 128 cm³/mol. The number of aryl methyl sites for hydroxylation is 2. The van der Waals surface area contributed by atoms with Crippen molar-refractivity contribution < 1.29 is 4.79 Å². The molecule has 4 aromatic rings. The van der Waals surface area contributed by atoms with Crippen molar-refractivity contribution in [1.29, 1.82) is 0 Å². The van der Waals surface area contributed by atoms with E-state index < -0.39 is 0 Å². The summed E-state index contributed by atoms with van der Waals surface area (Å²) in [5.74, 6) is -0.0874. The molecule has 0 fully saturated rings. The molecule has 4 rings (SSSR count). The monoisotopic (exact) mass is 444 g/mol. The van der Waals surface area contributed by atoms with Gasteiger partial charge in [0.15, 0.2) is 0 Å². The van der Waals surface area contributed by atoms with Gasteiger partial charge in [0.1, 0.15) is 5.69 Å². The molecule has 0 bridgehead atoms. The Bertz CT molecular complexity index is 1280. The van der Waals surface area contributed by atoms with Gasteiger partial charge in [-0.15, -0.1) is 11.3 Å². The van der Waals surface area contributed by atoms with Crippen molar-refractivity contribution in [2.24, 2.45) is 0 Å². The van der Waals surface area contributed by atoms with Crippen molar-refractivity contribution >= 4 is 17.2 Å². The van der Waals surface area contributed by atoms with Crippen molar-refractivity contribution in [1.82, 2.24) is 20.1 Å². The van der Waals surface area contributed by atoms with Gasteiger partial charge in [-0.1, -0.05) is 54.6 Å². The Morgan fingerprint density at radius 2 is 1.69 bits per heavy atom. The second-order valence-corrected chi connectivity index (χ2v) is 8.72. The van der Waals surface area contributed by atoms with Crippen LogP contribution in [-0.2, 0) is 17.8 Å². The molecule has 6 nitrogen and oxygen atoms in total. The number of benzene rings is 2. The first-order valence-electron chi connectivity index (χ1n) is 10.4. The number of hydrogen-bond donors (Lipinski definition) is 1. The maximum absolute atomic E-state index is 12.4. The summed E-state index contributed by atoms with van der Waals surface area (Å²) in [5.41, 5.74) is 4.63.